The molecule has 0 saturated heterocycles. The molecule has 1 atom stereocenters. The molecule has 43 heavy (non-hydrogen) atoms. The Hall–Kier alpha value is -1.91. The first kappa shape index (κ1) is 41.1. The van der Waals surface area contributed by atoms with Crippen molar-refractivity contribution in [3.8, 4) is 0 Å². The summed E-state index contributed by atoms with van der Waals surface area (Å²) in [7, 11) is 0. The van der Waals surface area contributed by atoms with Crippen LogP contribution in [0.1, 0.15) is 155 Å². The first-order chi connectivity index (χ1) is 21.2. The number of allylic oxidation sites excluding steroid dienone is 10. The Bertz CT molecular complexity index is 719. The van der Waals surface area contributed by atoms with Gasteiger partial charge in [-0.15, -0.1) is 0 Å². The summed E-state index contributed by atoms with van der Waals surface area (Å²) >= 11 is 0. The van der Waals surface area contributed by atoms with Crippen LogP contribution in [0, 0.1) is 0 Å². The lowest BCUT2D eigenvalue weighted by atomic mass is 10.1. The quantitative estimate of drug-likeness (QED) is 0.0474. The van der Waals surface area contributed by atoms with Crippen LogP contribution < -0.4 is 0 Å². The van der Waals surface area contributed by atoms with E-state index in [1.807, 2.05) is 0 Å². The largest absolute Gasteiger partial charge is 0.457 e. The van der Waals surface area contributed by atoms with Crippen molar-refractivity contribution in [2.45, 2.75) is 161 Å². The van der Waals surface area contributed by atoms with Gasteiger partial charge in [0.1, 0.15) is 6.10 Å². The first-order valence-corrected chi connectivity index (χ1v) is 17.9. The van der Waals surface area contributed by atoms with E-state index in [2.05, 4.69) is 74.6 Å². The Balaban J connectivity index is 3.54. The average Bonchev–Trinajstić information content (AvgIpc) is 3.01. The third-order valence-electron chi connectivity index (χ3n) is 7.33. The van der Waals surface area contributed by atoms with Crippen LogP contribution >= 0.6 is 0 Å². The lowest BCUT2D eigenvalue weighted by Crippen LogP contribution is -2.27. The van der Waals surface area contributed by atoms with Gasteiger partial charge in [-0.1, -0.05) is 132 Å². The summed E-state index contributed by atoms with van der Waals surface area (Å²) < 4.78 is 11.1. The fourth-order valence-corrected chi connectivity index (χ4v) is 4.66. The van der Waals surface area contributed by atoms with E-state index < -0.39 is 6.10 Å². The molecule has 0 amide bonds. The van der Waals surface area contributed by atoms with Crippen molar-refractivity contribution in [3.05, 3.63) is 60.8 Å². The fourth-order valence-electron chi connectivity index (χ4n) is 4.66. The smallest absolute Gasteiger partial charge is 0.306 e. The molecule has 4 nitrogen and oxygen atoms in total. The highest BCUT2D eigenvalue weighted by atomic mass is 16.6. The van der Waals surface area contributed by atoms with Crippen LogP contribution in [0.4, 0.5) is 0 Å². The van der Waals surface area contributed by atoms with Crippen LogP contribution in [-0.2, 0) is 14.3 Å². The summed E-state index contributed by atoms with van der Waals surface area (Å²) in [6, 6.07) is 0. The number of aliphatic hydroxyl groups is 1. The van der Waals surface area contributed by atoms with E-state index in [0.29, 0.717) is 13.0 Å². The summed E-state index contributed by atoms with van der Waals surface area (Å²) in [6.07, 6.45) is 46.8. The van der Waals surface area contributed by atoms with E-state index >= 15 is 0 Å². The van der Waals surface area contributed by atoms with Crippen molar-refractivity contribution in [1.29, 1.82) is 0 Å². The Labute approximate surface area is 266 Å². The van der Waals surface area contributed by atoms with Crippen molar-refractivity contribution >= 4 is 5.97 Å². The average molecular weight is 601 g/mol. The summed E-state index contributed by atoms with van der Waals surface area (Å²) in [5.74, 6) is -0.229. The van der Waals surface area contributed by atoms with Gasteiger partial charge in [0, 0.05) is 13.0 Å². The van der Waals surface area contributed by atoms with Gasteiger partial charge in [0.15, 0.2) is 0 Å². The van der Waals surface area contributed by atoms with E-state index in [1.165, 1.54) is 70.6 Å². The van der Waals surface area contributed by atoms with Crippen molar-refractivity contribution < 1.29 is 19.4 Å². The number of rotatable bonds is 32. The number of unbranched alkanes of at least 4 members (excludes halogenated alkanes) is 14. The van der Waals surface area contributed by atoms with E-state index in [9.17, 15) is 9.90 Å². The number of esters is 1. The van der Waals surface area contributed by atoms with Crippen molar-refractivity contribution in [3.63, 3.8) is 0 Å². The molecule has 0 rings (SSSR count). The van der Waals surface area contributed by atoms with Crippen LogP contribution in [0.25, 0.3) is 0 Å². The zero-order chi connectivity index (χ0) is 31.3. The van der Waals surface area contributed by atoms with E-state index in [-0.39, 0.29) is 19.2 Å². The maximum Gasteiger partial charge on any atom is 0.306 e. The molecule has 0 aromatic rings. The molecule has 1 unspecified atom stereocenters. The highest BCUT2D eigenvalue weighted by Crippen LogP contribution is 2.10. The predicted octanol–water partition coefficient (Wildman–Crippen LogP) is 11.3. The van der Waals surface area contributed by atoms with Crippen LogP contribution in [-0.4, -0.2) is 37.0 Å². The molecular formula is C39H68O4. The Kier molecular flexibility index (Phi) is 34.7. The Morgan fingerprint density at radius 2 is 1.05 bits per heavy atom. The molecule has 4 heteroatoms. The molecule has 0 saturated carbocycles. The minimum atomic E-state index is -0.551. The molecule has 0 fully saturated rings. The highest BCUT2D eigenvalue weighted by molar-refractivity contribution is 5.69. The van der Waals surface area contributed by atoms with Gasteiger partial charge in [-0.05, 0) is 77.0 Å². The summed E-state index contributed by atoms with van der Waals surface area (Å²) in [5, 5.41) is 9.54. The van der Waals surface area contributed by atoms with Gasteiger partial charge in [-0.25, -0.2) is 0 Å². The number of ether oxygens (including phenoxy) is 2. The predicted molar refractivity (Wildman–Crippen MR) is 186 cm³/mol. The second kappa shape index (κ2) is 36.3. The van der Waals surface area contributed by atoms with Crippen LogP contribution in [0.5, 0.6) is 0 Å². The summed E-state index contributed by atoms with van der Waals surface area (Å²) in [4.78, 5) is 12.1. The second-order valence-electron chi connectivity index (χ2n) is 11.6. The molecule has 0 aliphatic heterocycles. The molecule has 0 bridgehead atoms. The molecule has 0 aromatic heterocycles. The Morgan fingerprint density at radius 1 is 0.581 bits per heavy atom. The van der Waals surface area contributed by atoms with Gasteiger partial charge in [-0.2, -0.15) is 0 Å². The van der Waals surface area contributed by atoms with Crippen molar-refractivity contribution in [2.75, 3.05) is 19.8 Å². The molecule has 0 heterocycles. The lowest BCUT2D eigenvalue weighted by molar-refractivity contribution is -0.154. The highest BCUT2D eigenvalue weighted by Gasteiger charge is 2.13. The van der Waals surface area contributed by atoms with Gasteiger partial charge in [-0.3, -0.25) is 4.79 Å². The third kappa shape index (κ3) is 34.4. The Morgan fingerprint density at radius 3 is 1.60 bits per heavy atom. The van der Waals surface area contributed by atoms with Gasteiger partial charge in [0.2, 0.25) is 0 Å². The molecule has 248 valence electrons. The van der Waals surface area contributed by atoms with Crippen molar-refractivity contribution in [2.24, 2.45) is 0 Å². The molecule has 0 aromatic carbocycles. The number of hydrogen-bond acceptors (Lipinski definition) is 4. The van der Waals surface area contributed by atoms with Gasteiger partial charge >= 0.3 is 5.97 Å². The molecule has 0 aliphatic rings. The molecular weight excluding hydrogens is 532 g/mol. The maximum atomic E-state index is 12.1. The number of hydrogen-bond donors (Lipinski definition) is 1. The number of carbonyl (C=O) groups is 1. The maximum absolute atomic E-state index is 12.1. The first-order valence-electron chi connectivity index (χ1n) is 17.9. The third-order valence-corrected chi connectivity index (χ3v) is 7.33. The zero-order valence-electron chi connectivity index (χ0n) is 28.2. The minimum absolute atomic E-state index is 0.187. The van der Waals surface area contributed by atoms with Crippen molar-refractivity contribution in [1.82, 2.24) is 0 Å². The SMILES string of the molecule is CC/C=C\C/C=C\C/C=C\C/C=C\CCCCCCC(=O)OC(CO)COCCCCCCCC/C=C\CCCCCC. The molecule has 0 spiro atoms. The van der Waals surface area contributed by atoms with Gasteiger partial charge in [0.05, 0.1) is 13.2 Å². The lowest BCUT2D eigenvalue weighted by Gasteiger charge is -2.15. The number of aliphatic hydroxyl groups excluding tert-OH is 1. The van der Waals surface area contributed by atoms with Gasteiger partial charge in [0.25, 0.3) is 0 Å². The van der Waals surface area contributed by atoms with E-state index in [0.717, 1.165) is 64.2 Å². The zero-order valence-corrected chi connectivity index (χ0v) is 28.2. The number of carbonyl (C=O) groups excluding carboxylic acids is 1. The normalized spacial score (nSPS) is 13.1. The van der Waals surface area contributed by atoms with E-state index in [4.69, 9.17) is 9.47 Å². The van der Waals surface area contributed by atoms with E-state index in [1.54, 1.807) is 0 Å². The van der Waals surface area contributed by atoms with Crippen LogP contribution in [0.2, 0.25) is 0 Å². The topological polar surface area (TPSA) is 55.8 Å². The fraction of sp³-hybridized carbons (Fsp3) is 0.718. The second-order valence-corrected chi connectivity index (χ2v) is 11.6. The molecule has 1 N–H and O–H groups in total. The van der Waals surface area contributed by atoms with Gasteiger partial charge < -0.3 is 14.6 Å². The summed E-state index contributed by atoms with van der Waals surface area (Å²) in [6.45, 7) is 5.17. The van der Waals surface area contributed by atoms with Crippen LogP contribution in [0.15, 0.2) is 60.8 Å². The van der Waals surface area contributed by atoms with Crippen LogP contribution in [0.3, 0.4) is 0 Å². The minimum Gasteiger partial charge on any atom is -0.457 e. The summed E-state index contributed by atoms with van der Waals surface area (Å²) in [5.41, 5.74) is 0. The molecule has 0 radical (unpaired) electrons. The monoisotopic (exact) mass is 601 g/mol. The standard InChI is InChI=1S/C39H68O4/c1-3-5-7-9-11-13-15-17-19-20-21-22-24-26-28-30-32-34-39(41)43-38(36-40)37-42-35-33-31-29-27-25-23-18-16-14-12-10-8-6-4-2/h5,7,11,13-14,16-17,19,21-22,38,40H,3-4,6,8-10,12,15,18,20,23-37H2,1-2H3/b7-5-,13-11-,16-14-,19-17-,22-21-. The molecule has 0 aliphatic carbocycles.